The first-order valence-electron chi connectivity index (χ1n) is 6.86. The Balaban J connectivity index is 1.58. The Morgan fingerprint density at radius 3 is 3.11 bits per heavy atom. The SMILES string of the molecule is COC(C)c1noc(CN2CCC3(CCOC3)C2)n1. The summed E-state index contributed by atoms with van der Waals surface area (Å²) in [5.41, 5.74) is 0.378. The minimum absolute atomic E-state index is 0.120. The second-order valence-electron chi connectivity index (χ2n) is 5.69. The molecule has 19 heavy (non-hydrogen) atoms. The Morgan fingerprint density at radius 1 is 1.47 bits per heavy atom. The number of methoxy groups -OCH3 is 1. The molecule has 0 aromatic carbocycles. The molecule has 1 aromatic rings. The van der Waals surface area contributed by atoms with Gasteiger partial charge in [0.05, 0.1) is 13.2 Å². The van der Waals surface area contributed by atoms with E-state index >= 15 is 0 Å². The van der Waals surface area contributed by atoms with Crippen molar-refractivity contribution < 1.29 is 14.0 Å². The first kappa shape index (κ1) is 13.0. The average Bonchev–Trinajstić information content (AvgIpc) is 3.13. The molecule has 2 unspecified atom stereocenters. The number of aromatic nitrogens is 2. The molecule has 6 nitrogen and oxygen atoms in total. The van der Waals surface area contributed by atoms with E-state index in [2.05, 4.69) is 15.0 Å². The minimum Gasteiger partial charge on any atom is -0.381 e. The smallest absolute Gasteiger partial charge is 0.240 e. The molecule has 0 saturated carbocycles. The topological polar surface area (TPSA) is 60.6 Å². The van der Waals surface area contributed by atoms with E-state index in [1.807, 2.05) is 6.92 Å². The van der Waals surface area contributed by atoms with Crippen LogP contribution in [0.15, 0.2) is 4.52 Å². The molecule has 2 fully saturated rings. The number of nitrogens with zero attached hydrogens (tertiary/aromatic N) is 3. The van der Waals surface area contributed by atoms with E-state index in [9.17, 15) is 0 Å². The Hall–Kier alpha value is -0.980. The van der Waals surface area contributed by atoms with Gasteiger partial charge in [-0.05, 0) is 26.3 Å². The fourth-order valence-corrected chi connectivity index (χ4v) is 2.93. The predicted molar refractivity (Wildman–Crippen MR) is 67.5 cm³/mol. The van der Waals surface area contributed by atoms with Gasteiger partial charge in [-0.15, -0.1) is 0 Å². The van der Waals surface area contributed by atoms with E-state index in [1.54, 1.807) is 7.11 Å². The molecule has 6 heteroatoms. The van der Waals surface area contributed by atoms with Gasteiger partial charge in [-0.25, -0.2) is 0 Å². The summed E-state index contributed by atoms with van der Waals surface area (Å²) < 4.78 is 16.0. The number of hydrogen-bond donors (Lipinski definition) is 0. The molecule has 0 radical (unpaired) electrons. The predicted octanol–water partition coefficient (Wildman–Crippen LogP) is 1.39. The van der Waals surface area contributed by atoms with Crippen LogP contribution < -0.4 is 0 Å². The van der Waals surface area contributed by atoms with E-state index in [0.717, 1.165) is 32.8 Å². The summed E-state index contributed by atoms with van der Waals surface area (Å²) >= 11 is 0. The van der Waals surface area contributed by atoms with Gasteiger partial charge in [0.25, 0.3) is 0 Å². The zero-order valence-electron chi connectivity index (χ0n) is 11.6. The minimum atomic E-state index is -0.120. The molecule has 0 aliphatic carbocycles. The maximum atomic E-state index is 5.54. The van der Waals surface area contributed by atoms with Gasteiger partial charge in [-0.1, -0.05) is 5.16 Å². The van der Waals surface area contributed by atoms with E-state index in [1.165, 1.54) is 12.8 Å². The highest BCUT2D eigenvalue weighted by atomic mass is 16.5. The summed E-state index contributed by atoms with van der Waals surface area (Å²) in [6, 6.07) is 0. The zero-order chi connectivity index (χ0) is 13.3. The highest BCUT2D eigenvalue weighted by molar-refractivity contribution is 4.95. The summed E-state index contributed by atoms with van der Waals surface area (Å²) in [6.07, 6.45) is 2.27. The van der Waals surface area contributed by atoms with Gasteiger partial charge in [-0.3, -0.25) is 4.90 Å². The third kappa shape index (κ3) is 2.66. The van der Waals surface area contributed by atoms with Crippen LogP contribution >= 0.6 is 0 Å². The fourth-order valence-electron chi connectivity index (χ4n) is 2.93. The van der Waals surface area contributed by atoms with Crippen molar-refractivity contribution in [2.45, 2.75) is 32.4 Å². The second-order valence-corrected chi connectivity index (χ2v) is 5.69. The third-order valence-corrected chi connectivity index (χ3v) is 4.26. The number of hydrogen-bond acceptors (Lipinski definition) is 6. The zero-order valence-corrected chi connectivity index (χ0v) is 11.6. The van der Waals surface area contributed by atoms with E-state index in [0.29, 0.717) is 17.1 Å². The van der Waals surface area contributed by atoms with Crippen molar-refractivity contribution in [2.24, 2.45) is 5.41 Å². The van der Waals surface area contributed by atoms with Crippen LogP contribution in [0.3, 0.4) is 0 Å². The molecule has 0 N–H and O–H groups in total. The maximum absolute atomic E-state index is 5.54. The van der Waals surface area contributed by atoms with Crippen LogP contribution in [0.4, 0.5) is 0 Å². The molecule has 2 atom stereocenters. The molecule has 3 rings (SSSR count). The summed E-state index contributed by atoms with van der Waals surface area (Å²) in [4.78, 5) is 6.76. The Morgan fingerprint density at radius 2 is 2.37 bits per heavy atom. The summed E-state index contributed by atoms with van der Waals surface area (Å²) in [6.45, 7) is 6.61. The molecule has 0 bridgehead atoms. The quantitative estimate of drug-likeness (QED) is 0.821. The third-order valence-electron chi connectivity index (χ3n) is 4.26. The normalized spacial score (nSPS) is 29.4. The van der Waals surface area contributed by atoms with Crippen LogP contribution in [0.5, 0.6) is 0 Å². The van der Waals surface area contributed by atoms with Gasteiger partial charge < -0.3 is 14.0 Å². The first-order chi connectivity index (χ1) is 9.21. The lowest BCUT2D eigenvalue weighted by Gasteiger charge is -2.20. The van der Waals surface area contributed by atoms with Crippen molar-refractivity contribution in [3.8, 4) is 0 Å². The Labute approximate surface area is 113 Å². The van der Waals surface area contributed by atoms with Gasteiger partial charge in [-0.2, -0.15) is 4.98 Å². The standard InChI is InChI=1S/C13H21N3O3/c1-10(17-2)12-14-11(19-15-12)7-16-5-3-13(8-16)4-6-18-9-13/h10H,3-9H2,1-2H3. The van der Waals surface area contributed by atoms with Gasteiger partial charge in [0.1, 0.15) is 6.10 Å². The molecule has 106 valence electrons. The fraction of sp³-hybridized carbons (Fsp3) is 0.846. The van der Waals surface area contributed by atoms with Crippen LogP contribution in [0.2, 0.25) is 0 Å². The largest absolute Gasteiger partial charge is 0.381 e. The number of ether oxygens (including phenoxy) is 2. The van der Waals surface area contributed by atoms with Gasteiger partial charge in [0.2, 0.25) is 5.89 Å². The van der Waals surface area contributed by atoms with Crippen molar-refractivity contribution >= 4 is 0 Å². The highest BCUT2D eigenvalue weighted by Gasteiger charge is 2.41. The van der Waals surface area contributed by atoms with Crippen molar-refractivity contribution in [3.63, 3.8) is 0 Å². The monoisotopic (exact) mass is 267 g/mol. The van der Waals surface area contributed by atoms with E-state index in [-0.39, 0.29) is 6.10 Å². The van der Waals surface area contributed by atoms with Gasteiger partial charge in [0, 0.05) is 25.7 Å². The molecular weight excluding hydrogens is 246 g/mol. The first-order valence-corrected chi connectivity index (χ1v) is 6.86. The molecule has 2 saturated heterocycles. The Kier molecular flexibility index (Phi) is 3.56. The van der Waals surface area contributed by atoms with E-state index in [4.69, 9.17) is 14.0 Å². The van der Waals surface area contributed by atoms with Crippen LogP contribution in [0, 0.1) is 5.41 Å². The van der Waals surface area contributed by atoms with E-state index < -0.39 is 0 Å². The van der Waals surface area contributed by atoms with Crippen LogP contribution in [-0.2, 0) is 16.0 Å². The Bertz CT molecular complexity index is 429. The average molecular weight is 267 g/mol. The van der Waals surface area contributed by atoms with Crippen molar-refractivity contribution in [1.29, 1.82) is 0 Å². The van der Waals surface area contributed by atoms with Gasteiger partial charge in [0.15, 0.2) is 5.82 Å². The summed E-state index contributed by atoms with van der Waals surface area (Å²) in [7, 11) is 1.64. The molecule has 1 aromatic heterocycles. The molecule has 2 aliphatic heterocycles. The summed E-state index contributed by atoms with van der Waals surface area (Å²) in [5.74, 6) is 1.30. The summed E-state index contributed by atoms with van der Waals surface area (Å²) in [5, 5.41) is 3.96. The molecule has 0 amide bonds. The lowest BCUT2D eigenvalue weighted by atomic mass is 9.87. The molecule has 2 aliphatic rings. The van der Waals surface area contributed by atoms with Crippen molar-refractivity contribution in [1.82, 2.24) is 15.0 Å². The van der Waals surface area contributed by atoms with Crippen LogP contribution in [0.1, 0.15) is 37.6 Å². The van der Waals surface area contributed by atoms with Crippen LogP contribution in [0.25, 0.3) is 0 Å². The molecule has 1 spiro atoms. The second kappa shape index (κ2) is 5.19. The lowest BCUT2D eigenvalue weighted by Crippen LogP contribution is -2.27. The van der Waals surface area contributed by atoms with Crippen molar-refractivity contribution in [2.75, 3.05) is 33.4 Å². The maximum Gasteiger partial charge on any atom is 0.240 e. The molecular formula is C13H21N3O3. The number of rotatable bonds is 4. The van der Waals surface area contributed by atoms with Crippen LogP contribution in [-0.4, -0.2) is 48.5 Å². The molecule has 3 heterocycles. The highest BCUT2D eigenvalue weighted by Crippen LogP contribution is 2.38. The van der Waals surface area contributed by atoms with Crippen molar-refractivity contribution in [3.05, 3.63) is 11.7 Å². The lowest BCUT2D eigenvalue weighted by molar-refractivity contribution is 0.109. The number of likely N-dealkylation sites (tertiary alicyclic amines) is 1. The van der Waals surface area contributed by atoms with Gasteiger partial charge >= 0.3 is 0 Å².